The summed E-state index contributed by atoms with van der Waals surface area (Å²) in [6.45, 7) is 2.45. The average Bonchev–Trinajstić information content (AvgIpc) is 2.86. The van der Waals surface area contributed by atoms with Crippen molar-refractivity contribution in [1.82, 2.24) is 20.7 Å². The number of hydrogen-bond donors (Lipinski definition) is 2. The van der Waals surface area contributed by atoms with Crippen molar-refractivity contribution in [3.05, 3.63) is 29.1 Å². The average molecular weight is 361 g/mol. The predicted molar refractivity (Wildman–Crippen MR) is 86.8 cm³/mol. The summed E-state index contributed by atoms with van der Waals surface area (Å²) >= 11 is 0. The van der Waals surface area contributed by atoms with Crippen molar-refractivity contribution >= 4 is 29.4 Å². The second kappa shape index (κ2) is 6.06. The van der Waals surface area contributed by atoms with Crippen LogP contribution in [0.3, 0.4) is 0 Å². The van der Waals surface area contributed by atoms with E-state index < -0.39 is 29.6 Å². The molecular formula is C16H16FN5O4. The summed E-state index contributed by atoms with van der Waals surface area (Å²) in [5.74, 6) is -2.55. The summed E-state index contributed by atoms with van der Waals surface area (Å²) in [5.41, 5.74) is 0.220. The molecule has 0 aromatic heterocycles. The maximum atomic E-state index is 14.5. The first-order valence-electron chi connectivity index (χ1n) is 8.26. The summed E-state index contributed by atoms with van der Waals surface area (Å²) in [6.07, 6.45) is -0.0282. The number of urea groups is 1. The topological polar surface area (TPSA) is 102 Å². The van der Waals surface area contributed by atoms with E-state index in [0.29, 0.717) is 31.2 Å². The molecule has 2 N–H and O–H groups in total. The molecule has 0 atom stereocenters. The predicted octanol–water partition coefficient (Wildman–Crippen LogP) is -0.312. The number of imide groups is 2. The molecule has 1 aromatic rings. The maximum absolute atomic E-state index is 14.5. The van der Waals surface area contributed by atoms with Gasteiger partial charge in [0, 0.05) is 32.6 Å². The van der Waals surface area contributed by atoms with E-state index in [0.717, 1.165) is 11.1 Å². The smallest absolute Gasteiger partial charge is 0.343 e. The van der Waals surface area contributed by atoms with Crippen LogP contribution >= 0.6 is 0 Å². The van der Waals surface area contributed by atoms with Crippen LogP contribution in [0, 0.1) is 5.82 Å². The Labute approximate surface area is 147 Å². The first-order valence-corrected chi connectivity index (χ1v) is 8.26. The number of hydrazine groups is 1. The minimum absolute atomic E-state index is 0.0282. The van der Waals surface area contributed by atoms with E-state index in [1.165, 1.54) is 6.07 Å². The first kappa shape index (κ1) is 16.5. The van der Waals surface area contributed by atoms with E-state index in [-0.39, 0.29) is 29.8 Å². The zero-order valence-corrected chi connectivity index (χ0v) is 13.7. The second-order valence-corrected chi connectivity index (χ2v) is 6.23. The Hall–Kier alpha value is -3.01. The van der Waals surface area contributed by atoms with Crippen LogP contribution in [0.25, 0.3) is 0 Å². The zero-order chi connectivity index (χ0) is 18.4. The number of anilines is 1. The van der Waals surface area contributed by atoms with E-state index >= 15 is 0 Å². The Morgan fingerprint density at radius 3 is 2.23 bits per heavy atom. The maximum Gasteiger partial charge on any atom is 0.343 e. The molecule has 0 saturated carbocycles. The molecule has 136 valence electrons. The molecular weight excluding hydrogens is 345 g/mol. The van der Waals surface area contributed by atoms with Crippen molar-refractivity contribution in [2.45, 2.75) is 6.42 Å². The molecule has 4 rings (SSSR count). The third-order valence-corrected chi connectivity index (χ3v) is 4.66. The fraction of sp³-hybridized carbons (Fsp3) is 0.375. The quantitative estimate of drug-likeness (QED) is 0.701. The molecule has 0 radical (unpaired) electrons. The van der Waals surface area contributed by atoms with Crippen molar-refractivity contribution in [3.8, 4) is 0 Å². The number of amides is 5. The fourth-order valence-corrected chi connectivity index (χ4v) is 3.35. The summed E-state index contributed by atoms with van der Waals surface area (Å²) in [5, 5.41) is 6.78. The van der Waals surface area contributed by atoms with Gasteiger partial charge in [-0.25, -0.2) is 14.2 Å². The highest BCUT2D eigenvalue weighted by Gasteiger charge is 2.44. The van der Waals surface area contributed by atoms with Crippen LogP contribution in [0.1, 0.15) is 27.1 Å². The minimum atomic E-state index is -0.849. The Morgan fingerprint density at radius 2 is 1.58 bits per heavy atom. The molecule has 2 fully saturated rings. The van der Waals surface area contributed by atoms with Gasteiger partial charge in [-0.1, -0.05) is 0 Å². The van der Waals surface area contributed by atoms with Crippen LogP contribution in [0.2, 0.25) is 0 Å². The van der Waals surface area contributed by atoms with E-state index in [1.54, 1.807) is 4.90 Å². The highest BCUT2D eigenvalue weighted by molar-refractivity contribution is 6.22. The number of rotatable bonds is 2. The standard InChI is InChI=1S/C16H16FN5O4/c17-11-7-9-10(8-12(11)20-5-2-18-3-6-20)15(25)22(14(9)24)21-4-1-13(23)19-16(21)26/h7-8,18H,1-6H2,(H,19,23,26). The summed E-state index contributed by atoms with van der Waals surface area (Å²) in [6, 6.07) is 1.56. The molecule has 0 unspecified atom stereocenters. The number of halogens is 1. The van der Waals surface area contributed by atoms with Gasteiger partial charge in [0.15, 0.2) is 0 Å². The van der Waals surface area contributed by atoms with Crippen molar-refractivity contribution in [2.75, 3.05) is 37.6 Å². The van der Waals surface area contributed by atoms with Crippen molar-refractivity contribution in [3.63, 3.8) is 0 Å². The number of benzene rings is 1. The van der Waals surface area contributed by atoms with Crippen LogP contribution in [0.15, 0.2) is 12.1 Å². The molecule has 3 aliphatic heterocycles. The molecule has 2 saturated heterocycles. The minimum Gasteiger partial charge on any atom is -0.367 e. The van der Waals surface area contributed by atoms with Crippen LogP contribution in [0.5, 0.6) is 0 Å². The van der Waals surface area contributed by atoms with Crippen LogP contribution < -0.4 is 15.5 Å². The van der Waals surface area contributed by atoms with Crippen LogP contribution in [-0.2, 0) is 4.79 Å². The van der Waals surface area contributed by atoms with Gasteiger partial charge in [-0.2, -0.15) is 5.01 Å². The van der Waals surface area contributed by atoms with Gasteiger partial charge in [0.1, 0.15) is 5.82 Å². The number of hydrogen-bond acceptors (Lipinski definition) is 6. The van der Waals surface area contributed by atoms with Gasteiger partial charge in [-0.05, 0) is 12.1 Å². The van der Waals surface area contributed by atoms with E-state index in [4.69, 9.17) is 0 Å². The van der Waals surface area contributed by atoms with E-state index in [9.17, 15) is 23.6 Å². The molecule has 10 heteroatoms. The van der Waals surface area contributed by atoms with Crippen LogP contribution in [0.4, 0.5) is 14.9 Å². The molecule has 0 aliphatic carbocycles. The number of piperazine rings is 1. The third kappa shape index (κ3) is 2.49. The van der Waals surface area contributed by atoms with E-state index in [1.807, 2.05) is 0 Å². The molecule has 3 heterocycles. The molecule has 0 bridgehead atoms. The number of fused-ring (bicyclic) bond motifs is 1. The summed E-state index contributed by atoms with van der Waals surface area (Å²) in [4.78, 5) is 50.4. The Balaban J connectivity index is 1.68. The fourth-order valence-electron chi connectivity index (χ4n) is 3.35. The Morgan fingerprint density at radius 1 is 0.923 bits per heavy atom. The van der Waals surface area contributed by atoms with Crippen molar-refractivity contribution in [1.29, 1.82) is 0 Å². The van der Waals surface area contributed by atoms with Gasteiger partial charge in [0.05, 0.1) is 23.4 Å². The van der Waals surface area contributed by atoms with Crippen molar-refractivity contribution < 1.29 is 23.6 Å². The zero-order valence-electron chi connectivity index (χ0n) is 13.7. The second-order valence-electron chi connectivity index (χ2n) is 6.23. The Kier molecular flexibility index (Phi) is 3.83. The SMILES string of the molecule is O=C1CCN(N2C(=O)c3cc(F)c(N4CCNCC4)cc3C2=O)C(=O)N1. The lowest BCUT2D eigenvalue weighted by Gasteiger charge is -2.32. The molecule has 3 aliphatic rings. The molecule has 5 amide bonds. The van der Waals surface area contributed by atoms with Crippen molar-refractivity contribution in [2.24, 2.45) is 0 Å². The molecule has 0 spiro atoms. The number of nitrogens with one attached hydrogen (secondary N) is 2. The third-order valence-electron chi connectivity index (χ3n) is 4.66. The highest BCUT2D eigenvalue weighted by Crippen LogP contribution is 2.31. The van der Waals surface area contributed by atoms with Crippen LogP contribution in [-0.4, -0.2) is 66.5 Å². The lowest BCUT2D eigenvalue weighted by atomic mass is 10.1. The number of nitrogens with zero attached hydrogens (tertiary/aromatic N) is 3. The van der Waals surface area contributed by atoms with Gasteiger partial charge in [0.2, 0.25) is 5.91 Å². The molecule has 9 nitrogen and oxygen atoms in total. The molecule has 1 aromatic carbocycles. The van der Waals surface area contributed by atoms with Gasteiger partial charge >= 0.3 is 6.03 Å². The largest absolute Gasteiger partial charge is 0.367 e. The number of carbonyl (C=O) groups is 4. The first-order chi connectivity index (χ1) is 12.5. The van der Waals surface area contributed by atoms with E-state index in [2.05, 4.69) is 10.6 Å². The molecule has 26 heavy (non-hydrogen) atoms. The van der Waals surface area contributed by atoms with Gasteiger partial charge in [-0.15, -0.1) is 0 Å². The van der Waals surface area contributed by atoms with Gasteiger partial charge < -0.3 is 10.2 Å². The monoisotopic (exact) mass is 361 g/mol. The Bertz CT molecular complexity index is 836. The number of carbonyl (C=O) groups excluding carboxylic acids is 4. The summed E-state index contributed by atoms with van der Waals surface area (Å²) < 4.78 is 14.5. The lowest BCUT2D eigenvalue weighted by molar-refractivity contribution is -0.122. The summed E-state index contributed by atoms with van der Waals surface area (Å²) in [7, 11) is 0. The van der Waals surface area contributed by atoms with Gasteiger partial charge in [0.25, 0.3) is 11.8 Å². The highest BCUT2D eigenvalue weighted by atomic mass is 19.1. The van der Waals surface area contributed by atoms with Gasteiger partial charge in [-0.3, -0.25) is 19.7 Å². The normalized spacial score (nSPS) is 20.6. The lowest BCUT2D eigenvalue weighted by Crippen LogP contribution is -2.58.